The topological polar surface area (TPSA) is 42.7 Å². The summed E-state index contributed by atoms with van der Waals surface area (Å²) in [6.45, 7) is 2.79. The maximum atomic E-state index is 6.12. The van der Waals surface area contributed by atoms with Crippen molar-refractivity contribution in [3.8, 4) is 0 Å². The molecule has 112 valence electrons. The number of halogens is 1. The summed E-state index contributed by atoms with van der Waals surface area (Å²) in [5.74, 6) is 1.58. The van der Waals surface area contributed by atoms with Crippen LogP contribution in [0.4, 0.5) is 0 Å². The summed E-state index contributed by atoms with van der Waals surface area (Å²) in [6, 6.07) is 12.0. The van der Waals surface area contributed by atoms with Gasteiger partial charge < -0.3 is 9.88 Å². The molecule has 2 aromatic heterocycles. The standard InChI is InChI=1S/C17H17ClN4/c18-14-4-1-3-12(9-14)11-22-16(13-6-8-19-10-13)21-15-5-2-7-20-17(15)22/h1-5,7,9,13,19H,6,8,10-11H2. The number of hydrogen-bond acceptors (Lipinski definition) is 3. The van der Waals surface area contributed by atoms with Gasteiger partial charge in [0.25, 0.3) is 0 Å². The quantitative estimate of drug-likeness (QED) is 0.807. The van der Waals surface area contributed by atoms with Crippen molar-refractivity contribution in [3.63, 3.8) is 0 Å². The summed E-state index contributed by atoms with van der Waals surface area (Å²) in [4.78, 5) is 9.38. The van der Waals surface area contributed by atoms with E-state index in [0.29, 0.717) is 5.92 Å². The molecule has 1 N–H and O–H groups in total. The van der Waals surface area contributed by atoms with Crippen LogP contribution < -0.4 is 5.32 Å². The molecule has 0 amide bonds. The van der Waals surface area contributed by atoms with Gasteiger partial charge in [0.2, 0.25) is 0 Å². The molecule has 22 heavy (non-hydrogen) atoms. The Kier molecular flexibility index (Phi) is 3.56. The number of nitrogens with zero attached hydrogens (tertiary/aromatic N) is 3. The Bertz CT molecular complexity index is 805. The second kappa shape index (κ2) is 5.71. The first-order valence-electron chi connectivity index (χ1n) is 7.57. The molecule has 1 atom stereocenters. The Hall–Kier alpha value is -1.91. The Morgan fingerprint density at radius 3 is 3.05 bits per heavy atom. The van der Waals surface area contributed by atoms with Gasteiger partial charge in [-0.2, -0.15) is 0 Å². The molecule has 1 unspecified atom stereocenters. The molecule has 1 saturated heterocycles. The van der Waals surface area contributed by atoms with Gasteiger partial charge in [-0.1, -0.05) is 23.7 Å². The van der Waals surface area contributed by atoms with Crippen molar-refractivity contribution in [2.45, 2.75) is 18.9 Å². The van der Waals surface area contributed by atoms with E-state index in [1.54, 1.807) is 0 Å². The zero-order valence-corrected chi connectivity index (χ0v) is 12.9. The van der Waals surface area contributed by atoms with E-state index in [1.807, 2.05) is 36.5 Å². The van der Waals surface area contributed by atoms with Crippen LogP contribution in [0, 0.1) is 0 Å². The van der Waals surface area contributed by atoms with Gasteiger partial charge in [0.05, 0.1) is 6.54 Å². The van der Waals surface area contributed by atoms with Gasteiger partial charge in [0.1, 0.15) is 11.3 Å². The molecule has 3 heterocycles. The van der Waals surface area contributed by atoms with Gasteiger partial charge >= 0.3 is 0 Å². The first kappa shape index (κ1) is 13.7. The van der Waals surface area contributed by atoms with Crippen LogP contribution in [0.1, 0.15) is 23.7 Å². The summed E-state index contributed by atoms with van der Waals surface area (Å²) >= 11 is 6.12. The average molecular weight is 313 g/mol. The Labute approximate surface area is 134 Å². The van der Waals surface area contributed by atoms with Crippen LogP contribution in [0.2, 0.25) is 5.02 Å². The monoisotopic (exact) mass is 312 g/mol. The van der Waals surface area contributed by atoms with Crippen LogP contribution >= 0.6 is 11.6 Å². The van der Waals surface area contributed by atoms with Crippen LogP contribution in [0.5, 0.6) is 0 Å². The second-order valence-electron chi connectivity index (χ2n) is 5.72. The minimum absolute atomic E-state index is 0.452. The fourth-order valence-corrected chi connectivity index (χ4v) is 3.35. The molecule has 1 aliphatic rings. The van der Waals surface area contributed by atoms with E-state index >= 15 is 0 Å². The largest absolute Gasteiger partial charge is 0.316 e. The van der Waals surface area contributed by atoms with Crippen LogP contribution in [0.15, 0.2) is 42.6 Å². The zero-order valence-electron chi connectivity index (χ0n) is 12.2. The van der Waals surface area contributed by atoms with Gasteiger partial charge in [-0.3, -0.25) is 0 Å². The number of pyridine rings is 1. The van der Waals surface area contributed by atoms with Crippen LogP contribution in [0.25, 0.3) is 11.2 Å². The molecule has 0 aliphatic carbocycles. The highest BCUT2D eigenvalue weighted by atomic mass is 35.5. The lowest BCUT2D eigenvalue weighted by Crippen LogP contribution is -2.13. The number of fused-ring (bicyclic) bond motifs is 1. The number of rotatable bonds is 3. The van der Waals surface area contributed by atoms with Crippen LogP contribution in [-0.2, 0) is 6.54 Å². The highest BCUT2D eigenvalue weighted by molar-refractivity contribution is 6.30. The van der Waals surface area contributed by atoms with Crippen molar-refractivity contribution in [3.05, 3.63) is 59.0 Å². The Morgan fingerprint density at radius 2 is 2.23 bits per heavy atom. The fraction of sp³-hybridized carbons (Fsp3) is 0.294. The van der Waals surface area contributed by atoms with E-state index in [4.69, 9.17) is 16.6 Å². The maximum absolute atomic E-state index is 6.12. The normalized spacial score (nSPS) is 18.1. The van der Waals surface area contributed by atoms with Crippen molar-refractivity contribution < 1.29 is 0 Å². The number of nitrogens with one attached hydrogen (secondary N) is 1. The van der Waals surface area contributed by atoms with Crippen molar-refractivity contribution in [2.75, 3.05) is 13.1 Å². The molecule has 1 aromatic carbocycles. The molecular formula is C17H17ClN4. The summed E-state index contributed by atoms with van der Waals surface area (Å²) in [5, 5.41) is 4.18. The SMILES string of the molecule is Clc1cccc(Cn2c(C3CCNC3)nc3cccnc32)c1. The number of hydrogen-bond donors (Lipinski definition) is 1. The molecule has 0 bridgehead atoms. The fourth-order valence-electron chi connectivity index (χ4n) is 3.14. The smallest absolute Gasteiger partial charge is 0.160 e. The molecule has 0 spiro atoms. The third-order valence-electron chi connectivity index (χ3n) is 4.19. The molecule has 3 aromatic rings. The van der Waals surface area contributed by atoms with E-state index in [2.05, 4.69) is 20.9 Å². The van der Waals surface area contributed by atoms with E-state index in [9.17, 15) is 0 Å². The van der Waals surface area contributed by atoms with Gasteiger partial charge in [-0.25, -0.2) is 9.97 Å². The third-order valence-corrected chi connectivity index (χ3v) is 4.42. The molecule has 4 nitrogen and oxygen atoms in total. The number of aromatic nitrogens is 3. The van der Waals surface area contributed by atoms with E-state index in [0.717, 1.165) is 48.1 Å². The average Bonchev–Trinajstić information content (AvgIpc) is 3.15. The summed E-state index contributed by atoms with van der Waals surface area (Å²) < 4.78 is 2.23. The van der Waals surface area contributed by atoms with Crippen molar-refractivity contribution in [1.82, 2.24) is 19.9 Å². The summed E-state index contributed by atoms with van der Waals surface area (Å²) in [7, 11) is 0. The van der Waals surface area contributed by atoms with Gasteiger partial charge in [0.15, 0.2) is 5.65 Å². The zero-order chi connectivity index (χ0) is 14.9. The lowest BCUT2D eigenvalue weighted by atomic mass is 10.1. The van der Waals surface area contributed by atoms with Gasteiger partial charge in [-0.15, -0.1) is 0 Å². The Morgan fingerprint density at radius 1 is 1.27 bits per heavy atom. The molecule has 0 radical (unpaired) electrons. The van der Waals surface area contributed by atoms with E-state index in [-0.39, 0.29) is 0 Å². The van der Waals surface area contributed by atoms with Gasteiger partial charge in [0, 0.05) is 23.7 Å². The maximum Gasteiger partial charge on any atom is 0.160 e. The van der Waals surface area contributed by atoms with E-state index in [1.165, 1.54) is 5.56 Å². The molecule has 5 heteroatoms. The first-order valence-corrected chi connectivity index (χ1v) is 7.95. The predicted molar refractivity (Wildman–Crippen MR) is 88.3 cm³/mol. The minimum Gasteiger partial charge on any atom is -0.316 e. The molecule has 4 rings (SSSR count). The molecule has 1 fully saturated rings. The number of imidazole rings is 1. The van der Waals surface area contributed by atoms with Crippen molar-refractivity contribution in [1.29, 1.82) is 0 Å². The molecular weight excluding hydrogens is 296 g/mol. The highest BCUT2D eigenvalue weighted by Crippen LogP contribution is 2.26. The number of benzene rings is 1. The first-order chi connectivity index (χ1) is 10.8. The van der Waals surface area contributed by atoms with Crippen LogP contribution in [-0.4, -0.2) is 27.6 Å². The van der Waals surface area contributed by atoms with E-state index < -0.39 is 0 Å². The van der Waals surface area contributed by atoms with Crippen molar-refractivity contribution in [2.24, 2.45) is 0 Å². The molecule has 0 saturated carbocycles. The molecule has 1 aliphatic heterocycles. The second-order valence-corrected chi connectivity index (χ2v) is 6.16. The summed E-state index contributed by atoms with van der Waals surface area (Å²) in [5.41, 5.74) is 3.08. The minimum atomic E-state index is 0.452. The predicted octanol–water partition coefficient (Wildman–Crippen LogP) is 3.21. The lowest BCUT2D eigenvalue weighted by molar-refractivity contribution is 0.640. The Balaban J connectivity index is 1.81. The van der Waals surface area contributed by atoms with Crippen molar-refractivity contribution >= 4 is 22.8 Å². The van der Waals surface area contributed by atoms with Crippen LogP contribution in [0.3, 0.4) is 0 Å². The summed E-state index contributed by atoms with van der Waals surface area (Å²) in [6.07, 6.45) is 2.95. The third kappa shape index (κ3) is 2.49. The lowest BCUT2D eigenvalue weighted by Gasteiger charge is -2.13. The highest BCUT2D eigenvalue weighted by Gasteiger charge is 2.23. The van der Waals surface area contributed by atoms with Gasteiger partial charge in [-0.05, 0) is 42.8 Å².